The molecule has 1 aliphatic heterocycles. The van der Waals surface area contributed by atoms with Gasteiger partial charge in [-0.15, -0.1) is 0 Å². The molecule has 2 rings (SSSR count). The highest BCUT2D eigenvalue weighted by molar-refractivity contribution is 6.32. The quantitative estimate of drug-likeness (QED) is 0.780. The normalized spacial score (nSPS) is 13.9. The van der Waals surface area contributed by atoms with Gasteiger partial charge in [0.25, 0.3) is 0 Å². The van der Waals surface area contributed by atoms with Crippen molar-refractivity contribution in [2.45, 2.75) is 19.5 Å². The number of anilines is 1. The first-order valence-corrected chi connectivity index (χ1v) is 7.86. The summed E-state index contributed by atoms with van der Waals surface area (Å²) < 4.78 is 28.5. The lowest BCUT2D eigenvalue weighted by Crippen LogP contribution is -2.40. The molecule has 0 spiro atoms. The first kappa shape index (κ1) is 18.3. The van der Waals surface area contributed by atoms with E-state index >= 15 is 0 Å². The van der Waals surface area contributed by atoms with Crippen LogP contribution in [0.4, 0.5) is 14.5 Å². The van der Waals surface area contributed by atoms with Gasteiger partial charge in [0.2, 0.25) is 11.8 Å². The van der Waals surface area contributed by atoms with E-state index in [0.29, 0.717) is 5.69 Å². The molecule has 1 fully saturated rings. The summed E-state index contributed by atoms with van der Waals surface area (Å²) in [7, 11) is 0. The number of hydrogen-bond acceptors (Lipinski definition) is 4. The Hall–Kier alpha value is -2.09. The Morgan fingerprint density at radius 2 is 1.96 bits per heavy atom. The summed E-state index contributed by atoms with van der Waals surface area (Å²) in [4.78, 5) is 25.2. The smallest absolute Gasteiger partial charge is 0.387 e. The van der Waals surface area contributed by atoms with Crippen LogP contribution in [0.5, 0.6) is 5.75 Å². The minimum Gasteiger partial charge on any atom is -0.433 e. The van der Waals surface area contributed by atoms with Gasteiger partial charge in [0.1, 0.15) is 5.75 Å². The van der Waals surface area contributed by atoms with Gasteiger partial charge in [0, 0.05) is 18.8 Å². The molecule has 1 aromatic rings. The molecule has 132 valence electrons. The second-order valence-electron chi connectivity index (χ2n) is 5.24. The monoisotopic (exact) mass is 361 g/mol. The molecule has 2 amide bonds. The van der Waals surface area contributed by atoms with Crippen molar-refractivity contribution >= 4 is 29.1 Å². The molecule has 1 heterocycles. The summed E-state index contributed by atoms with van der Waals surface area (Å²) in [5, 5.41) is 5.33. The predicted molar refractivity (Wildman–Crippen MR) is 85.4 cm³/mol. The van der Waals surface area contributed by atoms with Crippen molar-refractivity contribution in [2.24, 2.45) is 0 Å². The lowest BCUT2D eigenvalue weighted by atomic mass is 10.3. The van der Waals surface area contributed by atoms with Crippen molar-refractivity contribution < 1.29 is 23.1 Å². The van der Waals surface area contributed by atoms with E-state index in [1.165, 1.54) is 18.2 Å². The van der Waals surface area contributed by atoms with Crippen LogP contribution in [0.3, 0.4) is 0 Å². The standard InChI is InChI=1S/C15H18ClF2N3O3/c16-11-7-10(3-4-12(11)24-15(17)18)19-8-13(22)20-9-14(23)21-5-1-2-6-21/h3-4,7,15,19H,1-2,5-6,8-9H2,(H,20,22). The Morgan fingerprint density at radius 3 is 2.58 bits per heavy atom. The van der Waals surface area contributed by atoms with E-state index in [2.05, 4.69) is 15.4 Å². The van der Waals surface area contributed by atoms with Crippen molar-refractivity contribution in [2.75, 3.05) is 31.5 Å². The lowest BCUT2D eigenvalue weighted by molar-refractivity contribution is -0.131. The Labute approximate surface area is 143 Å². The number of likely N-dealkylation sites (tertiary alicyclic amines) is 1. The molecular formula is C15H18ClF2N3O3. The maximum atomic E-state index is 12.1. The molecule has 0 bridgehead atoms. The second-order valence-corrected chi connectivity index (χ2v) is 5.65. The van der Waals surface area contributed by atoms with Crippen molar-refractivity contribution in [3.05, 3.63) is 23.2 Å². The molecule has 0 atom stereocenters. The number of carbonyl (C=O) groups excluding carboxylic acids is 2. The summed E-state index contributed by atoms with van der Waals surface area (Å²) in [6, 6.07) is 4.12. The number of halogens is 3. The van der Waals surface area contributed by atoms with E-state index in [1.54, 1.807) is 4.90 Å². The number of amides is 2. The van der Waals surface area contributed by atoms with Crippen LogP contribution < -0.4 is 15.4 Å². The summed E-state index contributed by atoms with van der Waals surface area (Å²) in [6.07, 6.45) is 1.99. The zero-order valence-corrected chi connectivity index (χ0v) is 13.6. The third-order valence-corrected chi connectivity index (χ3v) is 3.79. The average Bonchev–Trinajstić information content (AvgIpc) is 3.07. The van der Waals surface area contributed by atoms with Gasteiger partial charge in [-0.25, -0.2) is 0 Å². The second kappa shape index (κ2) is 8.68. The molecule has 2 N–H and O–H groups in total. The number of hydrogen-bond donors (Lipinski definition) is 2. The topological polar surface area (TPSA) is 70.7 Å². The van der Waals surface area contributed by atoms with Crippen LogP contribution in [0.25, 0.3) is 0 Å². The van der Waals surface area contributed by atoms with Crippen LogP contribution in [0.2, 0.25) is 5.02 Å². The highest BCUT2D eigenvalue weighted by Crippen LogP contribution is 2.28. The van der Waals surface area contributed by atoms with Gasteiger partial charge in [-0.05, 0) is 31.0 Å². The molecule has 1 aliphatic rings. The van der Waals surface area contributed by atoms with Gasteiger partial charge in [0.05, 0.1) is 18.1 Å². The highest BCUT2D eigenvalue weighted by Gasteiger charge is 2.18. The van der Waals surface area contributed by atoms with E-state index in [9.17, 15) is 18.4 Å². The van der Waals surface area contributed by atoms with Gasteiger partial charge >= 0.3 is 6.61 Å². The van der Waals surface area contributed by atoms with Gasteiger partial charge in [-0.2, -0.15) is 8.78 Å². The van der Waals surface area contributed by atoms with Crippen LogP contribution in [0.15, 0.2) is 18.2 Å². The Balaban J connectivity index is 1.75. The maximum Gasteiger partial charge on any atom is 0.387 e. The van der Waals surface area contributed by atoms with Crippen molar-refractivity contribution in [1.82, 2.24) is 10.2 Å². The predicted octanol–water partition coefficient (Wildman–Crippen LogP) is 2.09. The molecule has 1 saturated heterocycles. The first-order chi connectivity index (χ1) is 11.5. The average molecular weight is 362 g/mol. The molecule has 24 heavy (non-hydrogen) atoms. The molecule has 0 aromatic heterocycles. The summed E-state index contributed by atoms with van der Waals surface area (Å²) in [5.74, 6) is -0.596. The van der Waals surface area contributed by atoms with Gasteiger partial charge in [-0.1, -0.05) is 11.6 Å². The Bertz CT molecular complexity index is 595. The number of benzene rings is 1. The van der Waals surface area contributed by atoms with Crippen LogP contribution in [-0.2, 0) is 9.59 Å². The fourth-order valence-electron chi connectivity index (χ4n) is 2.30. The minimum atomic E-state index is -2.96. The van der Waals surface area contributed by atoms with Gasteiger partial charge in [0.15, 0.2) is 0 Å². The van der Waals surface area contributed by atoms with Crippen LogP contribution >= 0.6 is 11.6 Å². The number of nitrogens with one attached hydrogen (secondary N) is 2. The van der Waals surface area contributed by atoms with Gasteiger partial charge in [-0.3, -0.25) is 9.59 Å². The number of ether oxygens (including phenoxy) is 1. The number of rotatable bonds is 7. The molecule has 6 nitrogen and oxygen atoms in total. The van der Waals surface area contributed by atoms with Gasteiger partial charge < -0.3 is 20.3 Å². The van der Waals surface area contributed by atoms with E-state index < -0.39 is 6.61 Å². The Morgan fingerprint density at radius 1 is 1.25 bits per heavy atom. The SMILES string of the molecule is O=C(CNc1ccc(OC(F)F)c(Cl)c1)NCC(=O)N1CCCC1. The fourth-order valence-corrected chi connectivity index (χ4v) is 2.52. The first-order valence-electron chi connectivity index (χ1n) is 7.48. The summed E-state index contributed by atoms with van der Waals surface area (Å²) in [5.41, 5.74) is 0.475. The molecular weight excluding hydrogens is 344 g/mol. The van der Waals surface area contributed by atoms with Crippen molar-refractivity contribution in [3.8, 4) is 5.75 Å². The molecule has 0 unspecified atom stereocenters. The summed E-state index contributed by atoms with van der Waals surface area (Å²) >= 11 is 5.82. The van der Waals surface area contributed by atoms with Crippen LogP contribution in [0, 0.1) is 0 Å². The van der Waals surface area contributed by atoms with E-state index in [4.69, 9.17) is 11.6 Å². The fraction of sp³-hybridized carbons (Fsp3) is 0.467. The molecule has 0 radical (unpaired) electrons. The third-order valence-electron chi connectivity index (χ3n) is 3.50. The molecule has 0 aliphatic carbocycles. The maximum absolute atomic E-state index is 12.1. The van der Waals surface area contributed by atoms with Crippen molar-refractivity contribution in [3.63, 3.8) is 0 Å². The largest absolute Gasteiger partial charge is 0.433 e. The molecule has 9 heteroatoms. The molecule has 1 aromatic carbocycles. The Kier molecular flexibility index (Phi) is 6.60. The zero-order chi connectivity index (χ0) is 17.5. The van der Waals surface area contributed by atoms with E-state index in [-0.39, 0.29) is 35.7 Å². The minimum absolute atomic E-state index is 0.00455. The van der Waals surface area contributed by atoms with Crippen LogP contribution in [0.1, 0.15) is 12.8 Å². The highest BCUT2D eigenvalue weighted by atomic mass is 35.5. The van der Waals surface area contributed by atoms with Crippen molar-refractivity contribution in [1.29, 1.82) is 0 Å². The lowest BCUT2D eigenvalue weighted by Gasteiger charge is -2.15. The zero-order valence-electron chi connectivity index (χ0n) is 12.9. The van der Waals surface area contributed by atoms with E-state index in [1.807, 2.05) is 0 Å². The third kappa shape index (κ3) is 5.52. The number of carbonyl (C=O) groups is 2. The molecule has 0 saturated carbocycles. The van der Waals surface area contributed by atoms with E-state index in [0.717, 1.165) is 25.9 Å². The number of nitrogens with zero attached hydrogens (tertiary/aromatic N) is 1. The number of alkyl halides is 2. The van der Waals surface area contributed by atoms with Crippen LogP contribution in [-0.4, -0.2) is 49.5 Å². The summed E-state index contributed by atoms with van der Waals surface area (Å²) in [6.45, 7) is -1.60.